The van der Waals surface area contributed by atoms with Crippen LogP contribution in [0.25, 0.3) is 6.08 Å². The van der Waals surface area contributed by atoms with E-state index in [0.29, 0.717) is 17.3 Å². The van der Waals surface area contributed by atoms with E-state index in [1.807, 2.05) is 6.07 Å². The Bertz CT molecular complexity index is 907. The van der Waals surface area contributed by atoms with Crippen molar-refractivity contribution in [3.05, 3.63) is 82.5 Å². The van der Waals surface area contributed by atoms with Crippen LogP contribution in [-0.4, -0.2) is 16.1 Å². The first-order valence-electron chi connectivity index (χ1n) is 7.40. The third-order valence-electron chi connectivity index (χ3n) is 3.29. The van der Waals surface area contributed by atoms with Crippen molar-refractivity contribution in [3.8, 4) is 0 Å². The molecule has 0 aliphatic heterocycles. The van der Waals surface area contributed by atoms with Crippen molar-refractivity contribution in [1.82, 2.24) is 10.2 Å². The molecule has 0 atom stereocenters. The van der Waals surface area contributed by atoms with Gasteiger partial charge in [-0.3, -0.25) is 10.1 Å². The lowest BCUT2D eigenvalue weighted by Gasteiger charge is -1.98. The van der Waals surface area contributed by atoms with Crippen LogP contribution < -0.4 is 5.32 Å². The topological polar surface area (TPSA) is 68.0 Å². The Labute approximate surface area is 148 Å². The van der Waals surface area contributed by atoms with E-state index in [1.54, 1.807) is 36.4 Å². The molecular weight excluding hydrogens is 345 g/mol. The molecule has 5 nitrogen and oxygen atoms in total. The summed E-state index contributed by atoms with van der Waals surface area (Å²) in [6, 6.07) is 13.1. The molecule has 3 aromatic rings. The zero-order valence-corrected chi connectivity index (χ0v) is 13.7. The fraction of sp³-hybridized carbons (Fsp3) is 0.0556. The molecule has 1 N–H and O–H groups in total. The van der Waals surface area contributed by atoms with Gasteiger partial charge in [0, 0.05) is 11.1 Å². The zero-order chi connectivity index (χ0) is 17.6. The minimum atomic E-state index is -0.420. The van der Waals surface area contributed by atoms with Crippen LogP contribution in [0.1, 0.15) is 17.0 Å². The molecule has 1 heterocycles. The van der Waals surface area contributed by atoms with Gasteiger partial charge in [-0.1, -0.05) is 47.0 Å². The van der Waals surface area contributed by atoms with Crippen LogP contribution in [0.4, 0.5) is 10.4 Å². The average molecular weight is 358 g/mol. The molecule has 7 heteroatoms. The summed E-state index contributed by atoms with van der Waals surface area (Å²) < 4.78 is 18.2. The number of aromatic nitrogens is 2. The number of benzene rings is 2. The third kappa shape index (κ3) is 4.74. The molecule has 126 valence electrons. The molecule has 0 spiro atoms. The van der Waals surface area contributed by atoms with Gasteiger partial charge in [-0.05, 0) is 35.4 Å². The molecule has 0 aliphatic rings. The monoisotopic (exact) mass is 357 g/mol. The fourth-order valence-corrected chi connectivity index (χ4v) is 2.27. The summed E-state index contributed by atoms with van der Waals surface area (Å²) in [6.07, 6.45) is 3.26. The molecule has 0 radical (unpaired) electrons. The van der Waals surface area contributed by atoms with Crippen molar-refractivity contribution in [3.63, 3.8) is 0 Å². The van der Waals surface area contributed by atoms with Crippen molar-refractivity contribution in [1.29, 1.82) is 0 Å². The number of hydrogen-bond donors (Lipinski definition) is 1. The second-order valence-electron chi connectivity index (χ2n) is 5.15. The highest BCUT2D eigenvalue weighted by Crippen LogP contribution is 2.16. The number of anilines is 1. The van der Waals surface area contributed by atoms with Crippen molar-refractivity contribution in [2.45, 2.75) is 6.42 Å². The first kappa shape index (κ1) is 16.9. The SMILES string of the molecule is O=C(C=Cc1ccccc1Cl)Nc1nnc(Cc2ccc(F)cc2)o1. The molecular formula is C18H13ClFN3O2. The van der Waals surface area contributed by atoms with Gasteiger partial charge in [0.15, 0.2) is 0 Å². The number of nitrogens with zero attached hydrogens (tertiary/aromatic N) is 2. The summed E-state index contributed by atoms with van der Waals surface area (Å²) >= 11 is 6.01. The first-order chi connectivity index (χ1) is 12.1. The third-order valence-corrected chi connectivity index (χ3v) is 3.63. The lowest BCUT2D eigenvalue weighted by Crippen LogP contribution is -2.07. The summed E-state index contributed by atoms with van der Waals surface area (Å²) in [7, 11) is 0. The quantitative estimate of drug-likeness (QED) is 0.698. The first-order valence-corrected chi connectivity index (χ1v) is 7.78. The Morgan fingerprint density at radius 1 is 1.16 bits per heavy atom. The van der Waals surface area contributed by atoms with Gasteiger partial charge in [0.1, 0.15) is 5.82 Å². The van der Waals surface area contributed by atoms with E-state index in [4.69, 9.17) is 16.0 Å². The smallest absolute Gasteiger partial charge is 0.322 e. The van der Waals surface area contributed by atoms with Crippen LogP contribution in [0.15, 0.2) is 59.0 Å². The molecule has 1 amide bonds. The summed E-state index contributed by atoms with van der Waals surface area (Å²) in [5.74, 6) is -0.415. The van der Waals surface area contributed by atoms with Gasteiger partial charge < -0.3 is 4.42 Å². The van der Waals surface area contributed by atoms with Gasteiger partial charge in [-0.2, -0.15) is 0 Å². The Kier molecular flexibility index (Phi) is 5.20. The maximum absolute atomic E-state index is 12.9. The number of nitrogens with one attached hydrogen (secondary N) is 1. The van der Waals surface area contributed by atoms with Crippen molar-refractivity contribution >= 4 is 29.6 Å². The van der Waals surface area contributed by atoms with E-state index in [2.05, 4.69) is 15.5 Å². The Morgan fingerprint density at radius 2 is 1.92 bits per heavy atom. The molecule has 0 bridgehead atoms. The zero-order valence-electron chi connectivity index (χ0n) is 12.9. The van der Waals surface area contributed by atoms with E-state index >= 15 is 0 Å². The highest BCUT2D eigenvalue weighted by molar-refractivity contribution is 6.32. The highest BCUT2D eigenvalue weighted by atomic mass is 35.5. The van der Waals surface area contributed by atoms with Gasteiger partial charge in [-0.15, -0.1) is 5.10 Å². The van der Waals surface area contributed by atoms with E-state index in [-0.39, 0.29) is 11.8 Å². The Morgan fingerprint density at radius 3 is 2.68 bits per heavy atom. The molecule has 0 saturated heterocycles. The van der Waals surface area contributed by atoms with Crippen LogP contribution in [0, 0.1) is 5.82 Å². The van der Waals surface area contributed by atoms with Gasteiger partial charge in [-0.25, -0.2) is 4.39 Å². The second-order valence-corrected chi connectivity index (χ2v) is 5.56. The Balaban J connectivity index is 1.60. The number of carbonyl (C=O) groups excluding carboxylic acids is 1. The fourth-order valence-electron chi connectivity index (χ4n) is 2.08. The van der Waals surface area contributed by atoms with Crippen molar-refractivity contribution in [2.24, 2.45) is 0 Å². The van der Waals surface area contributed by atoms with Gasteiger partial charge in [0.05, 0.1) is 6.42 Å². The van der Waals surface area contributed by atoms with Crippen LogP contribution in [0.5, 0.6) is 0 Å². The summed E-state index contributed by atoms with van der Waals surface area (Å²) in [5, 5.41) is 10.6. The summed E-state index contributed by atoms with van der Waals surface area (Å²) in [6.45, 7) is 0. The second kappa shape index (κ2) is 7.72. The number of halogens is 2. The number of hydrogen-bond acceptors (Lipinski definition) is 4. The van der Waals surface area contributed by atoms with Crippen molar-refractivity contribution < 1.29 is 13.6 Å². The predicted octanol–water partition coefficient (Wildman–Crippen LogP) is 4.10. The molecule has 0 saturated carbocycles. The number of amides is 1. The van der Waals surface area contributed by atoms with E-state index < -0.39 is 5.91 Å². The van der Waals surface area contributed by atoms with Crippen molar-refractivity contribution in [2.75, 3.05) is 5.32 Å². The van der Waals surface area contributed by atoms with Crippen LogP contribution in [0.2, 0.25) is 5.02 Å². The molecule has 2 aromatic carbocycles. The number of carbonyl (C=O) groups is 1. The van der Waals surface area contributed by atoms with Gasteiger partial charge >= 0.3 is 6.01 Å². The lowest BCUT2D eigenvalue weighted by molar-refractivity contribution is -0.112. The Hall–Kier alpha value is -2.99. The normalized spacial score (nSPS) is 11.0. The predicted molar refractivity (Wildman–Crippen MR) is 92.6 cm³/mol. The molecule has 0 unspecified atom stereocenters. The standard InChI is InChI=1S/C18H13ClFN3O2/c19-15-4-2-1-3-13(15)7-10-16(24)21-18-23-22-17(25-18)11-12-5-8-14(20)9-6-12/h1-10H,11H2,(H,21,23,24). The summed E-state index contributed by atoms with van der Waals surface area (Å²) in [4.78, 5) is 11.9. The summed E-state index contributed by atoms with van der Waals surface area (Å²) in [5.41, 5.74) is 1.54. The van der Waals surface area contributed by atoms with E-state index in [1.165, 1.54) is 18.2 Å². The molecule has 0 fully saturated rings. The van der Waals surface area contributed by atoms with E-state index in [9.17, 15) is 9.18 Å². The minimum absolute atomic E-state index is 0.00841. The lowest BCUT2D eigenvalue weighted by atomic mass is 10.1. The highest BCUT2D eigenvalue weighted by Gasteiger charge is 2.09. The minimum Gasteiger partial charge on any atom is -0.407 e. The van der Waals surface area contributed by atoms with Gasteiger partial charge in [0.2, 0.25) is 5.89 Å². The molecule has 25 heavy (non-hydrogen) atoms. The maximum atomic E-state index is 12.9. The van der Waals surface area contributed by atoms with E-state index in [0.717, 1.165) is 11.1 Å². The largest absolute Gasteiger partial charge is 0.407 e. The van der Waals surface area contributed by atoms with Gasteiger partial charge in [0.25, 0.3) is 5.91 Å². The molecule has 1 aromatic heterocycles. The van der Waals surface area contributed by atoms with Crippen LogP contribution >= 0.6 is 11.6 Å². The molecule has 3 rings (SSSR count). The number of rotatable bonds is 5. The maximum Gasteiger partial charge on any atom is 0.322 e. The average Bonchev–Trinajstić information content (AvgIpc) is 3.03. The van der Waals surface area contributed by atoms with Crippen LogP contribution in [-0.2, 0) is 11.2 Å². The van der Waals surface area contributed by atoms with Crippen LogP contribution in [0.3, 0.4) is 0 Å². The molecule has 0 aliphatic carbocycles.